The third kappa shape index (κ3) is 2.38. The van der Waals surface area contributed by atoms with Crippen LogP contribution < -0.4 is 11.1 Å². The molecule has 0 radical (unpaired) electrons. The Morgan fingerprint density at radius 3 is 2.88 bits per heavy atom. The molecule has 0 bridgehead atoms. The zero-order valence-corrected chi connectivity index (χ0v) is 9.69. The van der Waals surface area contributed by atoms with E-state index < -0.39 is 0 Å². The molecule has 1 aromatic carbocycles. The van der Waals surface area contributed by atoms with Crippen LogP contribution in [0.25, 0.3) is 0 Å². The van der Waals surface area contributed by atoms with E-state index in [9.17, 15) is 9.59 Å². The molecule has 3 N–H and O–H groups in total. The number of piperazine rings is 1. The largest absolute Gasteiger partial charge is 0.399 e. The Balaban J connectivity index is 2.21. The molecule has 1 aliphatic heterocycles. The maximum atomic E-state index is 12.2. The SMILES string of the molecule is Cc1cc(N)ccc1C(=O)N1CCNC(=O)C1. The Labute approximate surface area is 99.6 Å². The fourth-order valence-electron chi connectivity index (χ4n) is 1.91. The summed E-state index contributed by atoms with van der Waals surface area (Å²) in [7, 11) is 0. The van der Waals surface area contributed by atoms with Gasteiger partial charge in [-0.3, -0.25) is 9.59 Å². The second-order valence-electron chi connectivity index (χ2n) is 4.15. The van der Waals surface area contributed by atoms with Crippen molar-refractivity contribution in [3.8, 4) is 0 Å². The standard InChI is InChI=1S/C12H15N3O2/c1-8-6-9(13)2-3-10(8)12(17)15-5-4-14-11(16)7-15/h2-3,6H,4-5,7,13H2,1H3,(H,14,16). The number of amides is 2. The van der Waals surface area contributed by atoms with E-state index in [4.69, 9.17) is 5.73 Å². The van der Waals surface area contributed by atoms with Gasteiger partial charge in [0.1, 0.15) is 0 Å². The monoisotopic (exact) mass is 233 g/mol. The van der Waals surface area contributed by atoms with Gasteiger partial charge >= 0.3 is 0 Å². The van der Waals surface area contributed by atoms with Crippen molar-refractivity contribution in [1.82, 2.24) is 10.2 Å². The lowest BCUT2D eigenvalue weighted by Crippen LogP contribution is -2.50. The van der Waals surface area contributed by atoms with Crippen LogP contribution in [0, 0.1) is 6.92 Å². The average Bonchev–Trinajstić information content (AvgIpc) is 2.28. The average molecular weight is 233 g/mol. The van der Waals surface area contributed by atoms with E-state index in [0.29, 0.717) is 24.3 Å². The molecule has 1 heterocycles. The van der Waals surface area contributed by atoms with Gasteiger partial charge in [-0.2, -0.15) is 0 Å². The molecule has 1 aliphatic rings. The minimum absolute atomic E-state index is 0.113. The summed E-state index contributed by atoms with van der Waals surface area (Å²) in [5.74, 6) is -0.227. The van der Waals surface area contributed by atoms with Crippen LogP contribution >= 0.6 is 0 Å². The maximum absolute atomic E-state index is 12.2. The molecule has 90 valence electrons. The van der Waals surface area contributed by atoms with Gasteiger partial charge in [0, 0.05) is 24.3 Å². The minimum Gasteiger partial charge on any atom is -0.399 e. The molecule has 0 spiro atoms. The maximum Gasteiger partial charge on any atom is 0.254 e. The van der Waals surface area contributed by atoms with Crippen molar-refractivity contribution < 1.29 is 9.59 Å². The first-order valence-electron chi connectivity index (χ1n) is 5.50. The first kappa shape index (κ1) is 11.4. The molecule has 5 nitrogen and oxygen atoms in total. The van der Waals surface area contributed by atoms with Gasteiger partial charge in [0.25, 0.3) is 5.91 Å². The van der Waals surface area contributed by atoms with E-state index in [1.165, 1.54) is 0 Å². The minimum atomic E-state index is -0.114. The summed E-state index contributed by atoms with van der Waals surface area (Å²) >= 11 is 0. The van der Waals surface area contributed by atoms with Crippen LogP contribution in [0.3, 0.4) is 0 Å². The lowest BCUT2D eigenvalue weighted by Gasteiger charge is -2.27. The third-order valence-electron chi connectivity index (χ3n) is 2.81. The molecule has 1 saturated heterocycles. The molecular weight excluding hydrogens is 218 g/mol. The van der Waals surface area contributed by atoms with Gasteiger partial charge in [-0.25, -0.2) is 0 Å². The Bertz CT molecular complexity index is 471. The molecule has 5 heteroatoms. The van der Waals surface area contributed by atoms with Gasteiger partial charge in [0.05, 0.1) is 6.54 Å². The highest BCUT2D eigenvalue weighted by Crippen LogP contribution is 2.15. The first-order chi connectivity index (χ1) is 8.08. The molecular formula is C12H15N3O2. The summed E-state index contributed by atoms with van der Waals surface area (Å²) in [4.78, 5) is 25.0. The Morgan fingerprint density at radius 1 is 1.47 bits per heavy atom. The number of nitrogens with two attached hydrogens (primary N) is 1. The van der Waals surface area contributed by atoms with Crippen LogP contribution in [0.4, 0.5) is 5.69 Å². The van der Waals surface area contributed by atoms with Crippen molar-refractivity contribution in [2.24, 2.45) is 0 Å². The predicted molar refractivity (Wildman–Crippen MR) is 64.5 cm³/mol. The quantitative estimate of drug-likeness (QED) is 0.678. The summed E-state index contributed by atoms with van der Waals surface area (Å²) in [6.07, 6.45) is 0. The number of rotatable bonds is 1. The summed E-state index contributed by atoms with van der Waals surface area (Å²) in [5.41, 5.74) is 7.71. The molecule has 0 unspecified atom stereocenters. The van der Waals surface area contributed by atoms with E-state index in [-0.39, 0.29) is 18.4 Å². The highest BCUT2D eigenvalue weighted by Gasteiger charge is 2.23. The summed E-state index contributed by atoms with van der Waals surface area (Å²) in [6, 6.07) is 5.17. The second kappa shape index (κ2) is 4.45. The number of aryl methyl sites for hydroxylation is 1. The van der Waals surface area contributed by atoms with Gasteiger partial charge in [-0.15, -0.1) is 0 Å². The molecule has 2 amide bonds. The normalized spacial score (nSPS) is 15.6. The van der Waals surface area contributed by atoms with Crippen LogP contribution in [-0.4, -0.2) is 36.3 Å². The fourth-order valence-corrected chi connectivity index (χ4v) is 1.91. The van der Waals surface area contributed by atoms with Crippen molar-refractivity contribution >= 4 is 17.5 Å². The highest BCUT2D eigenvalue weighted by atomic mass is 16.2. The van der Waals surface area contributed by atoms with Gasteiger partial charge in [-0.1, -0.05) is 0 Å². The molecule has 0 saturated carbocycles. The number of hydrogen-bond donors (Lipinski definition) is 2. The zero-order chi connectivity index (χ0) is 12.4. The number of benzene rings is 1. The van der Waals surface area contributed by atoms with E-state index in [0.717, 1.165) is 5.56 Å². The zero-order valence-electron chi connectivity index (χ0n) is 9.69. The lowest BCUT2D eigenvalue weighted by molar-refractivity contribution is -0.123. The van der Waals surface area contributed by atoms with E-state index in [2.05, 4.69) is 5.32 Å². The third-order valence-corrected chi connectivity index (χ3v) is 2.81. The number of anilines is 1. The number of nitrogens with zero attached hydrogens (tertiary/aromatic N) is 1. The molecule has 0 atom stereocenters. The van der Waals surface area contributed by atoms with Crippen molar-refractivity contribution in [1.29, 1.82) is 0 Å². The highest BCUT2D eigenvalue weighted by molar-refractivity contribution is 5.98. The lowest BCUT2D eigenvalue weighted by atomic mass is 10.1. The molecule has 0 aliphatic carbocycles. The number of hydrogen-bond acceptors (Lipinski definition) is 3. The molecule has 2 rings (SSSR count). The summed E-state index contributed by atoms with van der Waals surface area (Å²) in [6.45, 7) is 3.03. The smallest absolute Gasteiger partial charge is 0.254 e. The van der Waals surface area contributed by atoms with Crippen molar-refractivity contribution in [2.75, 3.05) is 25.4 Å². The van der Waals surface area contributed by atoms with Crippen molar-refractivity contribution in [2.45, 2.75) is 6.92 Å². The number of carbonyl (C=O) groups excluding carboxylic acids is 2. The van der Waals surface area contributed by atoms with Gasteiger partial charge in [0.2, 0.25) is 5.91 Å². The topological polar surface area (TPSA) is 75.4 Å². The predicted octanol–water partition coefficient (Wildman–Crippen LogP) is 0.149. The van der Waals surface area contributed by atoms with E-state index in [1.807, 2.05) is 6.92 Å². The molecule has 1 fully saturated rings. The molecule has 0 aromatic heterocycles. The van der Waals surface area contributed by atoms with Gasteiger partial charge < -0.3 is 16.0 Å². The van der Waals surface area contributed by atoms with Crippen LogP contribution in [0.15, 0.2) is 18.2 Å². The number of nitrogens with one attached hydrogen (secondary N) is 1. The van der Waals surface area contributed by atoms with Crippen molar-refractivity contribution in [3.05, 3.63) is 29.3 Å². The van der Waals surface area contributed by atoms with Crippen LogP contribution in [0.2, 0.25) is 0 Å². The molecule has 17 heavy (non-hydrogen) atoms. The van der Waals surface area contributed by atoms with Gasteiger partial charge in [-0.05, 0) is 30.7 Å². The Hall–Kier alpha value is -2.04. The second-order valence-corrected chi connectivity index (χ2v) is 4.15. The fraction of sp³-hybridized carbons (Fsp3) is 0.333. The molecule has 1 aromatic rings. The number of carbonyl (C=O) groups is 2. The van der Waals surface area contributed by atoms with Gasteiger partial charge in [0.15, 0.2) is 0 Å². The summed E-state index contributed by atoms with van der Waals surface area (Å²) < 4.78 is 0. The first-order valence-corrected chi connectivity index (χ1v) is 5.50. The summed E-state index contributed by atoms with van der Waals surface area (Å²) in [5, 5.41) is 2.69. The van der Waals surface area contributed by atoms with E-state index >= 15 is 0 Å². The number of nitrogen functional groups attached to an aromatic ring is 1. The van der Waals surface area contributed by atoms with E-state index in [1.54, 1.807) is 23.1 Å². The van der Waals surface area contributed by atoms with Crippen LogP contribution in [-0.2, 0) is 4.79 Å². The van der Waals surface area contributed by atoms with Crippen molar-refractivity contribution in [3.63, 3.8) is 0 Å². The Kier molecular flexibility index (Phi) is 2.99. The van der Waals surface area contributed by atoms with Crippen LogP contribution in [0.1, 0.15) is 15.9 Å². The van der Waals surface area contributed by atoms with Crippen LogP contribution in [0.5, 0.6) is 0 Å². The Morgan fingerprint density at radius 2 is 2.24 bits per heavy atom.